The zero-order valence-electron chi connectivity index (χ0n) is 13.5. The molecule has 6 nitrogen and oxygen atoms in total. The van der Waals surface area contributed by atoms with Crippen molar-refractivity contribution in [2.24, 2.45) is 0 Å². The first-order valence-electron chi connectivity index (χ1n) is 7.13. The highest BCUT2D eigenvalue weighted by Gasteiger charge is 2.13. The molecule has 0 bridgehead atoms. The zero-order chi connectivity index (χ0) is 17.0. The molecule has 23 heavy (non-hydrogen) atoms. The molecular formula is C16H20ClN5O. The number of methoxy groups -OCH3 is 1. The lowest BCUT2D eigenvalue weighted by Crippen LogP contribution is -2.11. The summed E-state index contributed by atoms with van der Waals surface area (Å²) in [5.74, 6) is 1.54. The minimum atomic E-state index is 0.122. The Labute approximate surface area is 140 Å². The van der Waals surface area contributed by atoms with E-state index in [1.54, 1.807) is 19.4 Å². The molecule has 0 atom stereocenters. The van der Waals surface area contributed by atoms with E-state index in [9.17, 15) is 0 Å². The molecule has 2 aromatic rings. The van der Waals surface area contributed by atoms with Crippen molar-refractivity contribution in [3.05, 3.63) is 46.4 Å². The molecule has 122 valence electrons. The van der Waals surface area contributed by atoms with Crippen molar-refractivity contribution in [3.8, 4) is 5.75 Å². The number of nitrogens with two attached hydrogens (primary N) is 1. The number of allylic oxidation sites excluding steroid dienone is 1. The van der Waals surface area contributed by atoms with E-state index in [4.69, 9.17) is 22.1 Å². The summed E-state index contributed by atoms with van der Waals surface area (Å²) in [5, 5.41) is 3.55. The van der Waals surface area contributed by atoms with Crippen molar-refractivity contribution in [1.29, 1.82) is 0 Å². The molecule has 0 amide bonds. The Hall–Kier alpha value is -2.34. The highest BCUT2D eigenvalue weighted by Crippen LogP contribution is 2.26. The van der Waals surface area contributed by atoms with Crippen LogP contribution in [-0.2, 0) is 13.0 Å². The lowest BCUT2D eigenvalue weighted by Gasteiger charge is -2.15. The molecule has 2 aromatic heterocycles. The van der Waals surface area contributed by atoms with Crippen molar-refractivity contribution >= 4 is 23.4 Å². The van der Waals surface area contributed by atoms with Gasteiger partial charge in [0.05, 0.1) is 19.3 Å². The van der Waals surface area contributed by atoms with Crippen LogP contribution >= 0.6 is 11.6 Å². The van der Waals surface area contributed by atoms with Gasteiger partial charge in [-0.1, -0.05) is 17.7 Å². The number of nitrogens with one attached hydrogen (secondary N) is 1. The lowest BCUT2D eigenvalue weighted by molar-refractivity contribution is 0.407. The fourth-order valence-electron chi connectivity index (χ4n) is 2.36. The van der Waals surface area contributed by atoms with Gasteiger partial charge in [0.2, 0.25) is 5.95 Å². The molecule has 0 spiro atoms. The molecule has 0 unspecified atom stereocenters. The Bertz CT molecular complexity index is 733. The highest BCUT2D eigenvalue weighted by molar-refractivity contribution is 6.30. The van der Waals surface area contributed by atoms with Crippen LogP contribution in [0, 0.1) is 13.8 Å². The van der Waals surface area contributed by atoms with Crippen molar-refractivity contribution in [2.45, 2.75) is 26.8 Å². The maximum atomic E-state index is 6.14. The third kappa shape index (κ3) is 3.71. The van der Waals surface area contributed by atoms with E-state index >= 15 is 0 Å². The van der Waals surface area contributed by atoms with Gasteiger partial charge in [-0.25, -0.2) is 4.98 Å². The monoisotopic (exact) mass is 333 g/mol. The van der Waals surface area contributed by atoms with Gasteiger partial charge in [-0.05, 0) is 20.3 Å². The van der Waals surface area contributed by atoms with Gasteiger partial charge in [0.1, 0.15) is 16.7 Å². The largest absolute Gasteiger partial charge is 0.496 e. The van der Waals surface area contributed by atoms with Gasteiger partial charge < -0.3 is 15.8 Å². The predicted octanol–water partition coefficient (Wildman–Crippen LogP) is 3.07. The van der Waals surface area contributed by atoms with Crippen molar-refractivity contribution < 1.29 is 4.74 Å². The van der Waals surface area contributed by atoms with Crippen molar-refractivity contribution in [2.75, 3.05) is 18.2 Å². The van der Waals surface area contributed by atoms with Crippen LogP contribution in [0.1, 0.15) is 22.4 Å². The molecule has 0 aliphatic rings. The predicted molar refractivity (Wildman–Crippen MR) is 92.9 cm³/mol. The smallest absolute Gasteiger partial charge is 0.223 e. The quantitative estimate of drug-likeness (QED) is 0.624. The minimum absolute atomic E-state index is 0.122. The number of aryl methyl sites for hydroxylation is 1. The Morgan fingerprint density at radius 3 is 2.78 bits per heavy atom. The average Bonchev–Trinajstić information content (AvgIpc) is 2.50. The molecule has 0 saturated heterocycles. The standard InChI is InChI=1S/C16H20ClN5O/c1-5-6-11-14(17)21-16(18)22-15(11)20-8-12-10(3)13(23-4)9(2)7-19-12/h5,7H,1,6,8H2,2-4H3,(H3,18,20,21,22). The van der Waals surface area contributed by atoms with Crippen molar-refractivity contribution in [3.63, 3.8) is 0 Å². The molecule has 2 rings (SSSR count). The van der Waals surface area contributed by atoms with Crippen LogP contribution in [-0.4, -0.2) is 22.1 Å². The van der Waals surface area contributed by atoms with E-state index in [1.807, 2.05) is 13.8 Å². The summed E-state index contributed by atoms with van der Waals surface area (Å²) < 4.78 is 5.42. The zero-order valence-corrected chi connectivity index (χ0v) is 14.2. The number of aromatic nitrogens is 3. The summed E-state index contributed by atoms with van der Waals surface area (Å²) in [6.07, 6.45) is 4.07. The van der Waals surface area contributed by atoms with E-state index < -0.39 is 0 Å². The third-order valence-corrected chi connectivity index (χ3v) is 3.81. The maximum absolute atomic E-state index is 6.14. The number of ether oxygens (including phenoxy) is 1. The molecule has 0 fully saturated rings. The first kappa shape index (κ1) is 17.0. The topological polar surface area (TPSA) is 86.0 Å². The number of anilines is 2. The molecular weight excluding hydrogens is 314 g/mol. The van der Waals surface area contributed by atoms with Crippen LogP contribution in [0.25, 0.3) is 0 Å². The maximum Gasteiger partial charge on any atom is 0.223 e. The van der Waals surface area contributed by atoms with Crippen LogP contribution in [0.4, 0.5) is 11.8 Å². The van der Waals surface area contributed by atoms with Crippen molar-refractivity contribution in [1.82, 2.24) is 15.0 Å². The molecule has 0 aliphatic carbocycles. The molecule has 0 aromatic carbocycles. The van der Waals surface area contributed by atoms with Gasteiger partial charge in [0, 0.05) is 22.9 Å². The second-order valence-corrected chi connectivity index (χ2v) is 5.45. The van der Waals surface area contributed by atoms with Gasteiger partial charge >= 0.3 is 0 Å². The lowest BCUT2D eigenvalue weighted by atomic mass is 10.1. The number of hydrogen-bond acceptors (Lipinski definition) is 6. The van der Waals surface area contributed by atoms with Crippen LogP contribution in [0.5, 0.6) is 5.75 Å². The van der Waals surface area contributed by atoms with Crippen LogP contribution < -0.4 is 15.8 Å². The summed E-state index contributed by atoms with van der Waals surface area (Å²) in [4.78, 5) is 12.6. The first-order valence-corrected chi connectivity index (χ1v) is 7.51. The van der Waals surface area contributed by atoms with Gasteiger partial charge in [-0.2, -0.15) is 4.98 Å². The molecule has 0 radical (unpaired) electrons. The molecule has 2 heterocycles. The number of rotatable bonds is 6. The summed E-state index contributed by atoms with van der Waals surface area (Å²) >= 11 is 6.14. The summed E-state index contributed by atoms with van der Waals surface area (Å²) in [6.45, 7) is 8.13. The summed E-state index contributed by atoms with van der Waals surface area (Å²) in [7, 11) is 1.65. The van der Waals surface area contributed by atoms with Gasteiger partial charge in [0.25, 0.3) is 0 Å². The minimum Gasteiger partial charge on any atom is -0.496 e. The van der Waals surface area contributed by atoms with E-state index in [1.165, 1.54) is 0 Å². The molecule has 3 N–H and O–H groups in total. The number of pyridine rings is 1. The Morgan fingerprint density at radius 1 is 1.39 bits per heavy atom. The number of nitrogen functional groups attached to an aromatic ring is 1. The van der Waals surface area contributed by atoms with Gasteiger partial charge in [-0.3, -0.25) is 4.98 Å². The number of halogens is 1. The Balaban J connectivity index is 2.30. The second kappa shape index (κ2) is 7.28. The van der Waals surface area contributed by atoms with Crippen LogP contribution in [0.15, 0.2) is 18.9 Å². The Kier molecular flexibility index (Phi) is 5.39. The SMILES string of the molecule is C=CCc1c(Cl)nc(N)nc1NCc1ncc(C)c(OC)c1C. The third-order valence-electron chi connectivity index (χ3n) is 3.50. The van der Waals surface area contributed by atoms with E-state index in [0.29, 0.717) is 23.9 Å². The highest BCUT2D eigenvalue weighted by atomic mass is 35.5. The van der Waals surface area contributed by atoms with Crippen LogP contribution in [0.2, 0.25) is 5.15 Å². The normalized spacial score (nSPS) is 10.4. The fraction of sp³-hybridized carbons (Fsp3) is 0.312. The summed E-state index contributed by atoms with van der Waals surface area (Å²) in [6, 6.07) is 0. The number of hydrogen-bond donors (Lipinski definition) is 2. The fourth-order valence-corrected chi connectivity index (χ4v) is 2.61. The molecule has 0 saturated carbocycles. The molecule has 7 heteroatoms. The number of nitrogens with zero attached hydrogens (tertiary/aromatic N) is 3. The van der Waals surface area contributed by atoms with Gasteiger partial charge in [0.15, 0.2) is 0 Å². The second-order valence-electron chi connectivity index (χ2n) is 5.09. The first-order chi connectivity index (χ1) is 11.0. The van der Waals surface area contributed by atoms with E-state index in [-0.39, 0.29) is 5.95 Å². The van der Waals surface area contributed by atoms with Crippen LogP contribution in [0.3, 0.4) is 0 Å². The van der Waals surface area contributed by atoms with Gasteiger partial charge in [-0.15, -0.1) is 6.58 Å². The average molecular weight is 334 g/mol. The Morgan fingerprint density at radius 2 is 2.13 bits per heavy atom. The summed E-state index contributed by atoms with van der Waals surface area (Å²) in [5.41, 5.74) is 9.28. The van der Waals surface area contributed by atoms with E-state index in [0.717, 1.165) is 28.1 Å². The molecule has 0 aliphatic heterocycles. The van der Waals surface area contributed by atoms with E-state index in [2.05, 4.69) is 26.8 Å².